The smallest absolute Gasteiger partial charge is 0.175 e. The van der Waals surface area contributed by atoms with Crippen LogP contribution >= 0.6 is 43.5 Å². The maximum absolute atomic E-state index is 5.98. The maximum Gasteiger partial charge on any atom is 0.175 e. The first-order chi connectivity index (χ1) is 10.1. The summed E-state index contributed by atoms with van der Waals surface area (Å²) >= 11 is 13.0. The number of halogens is 3. The lowest BCUT2D eigenvalue weighted by molar-refractivity contribution is 0.267. The highest BCUT2D eigenvalue weighted by molar-refractivity contribution is 9.10. The van der Waals surface area contributed by atoms with Gasteiger partial charge in [0.25, 0.3) is 0 Å². The number of alkyl halides is 1. The molecular formula is C16H15Br2ClO2. The Morgan fingerprint density at radius 1 is 1.10 bits per heavy atom. The van der Waals surface area contributed by atoms with E-state index in [1.165, 1.54) is 0 Å². The Balaban J connectivity index is 2.22. The van der Waals surface area contributed by atoms with Crippen molar-refractivity contribution in [3.63, 3.8) is 0 Å². The highest BCUT2D eigenvalue weighted by Crippen LogP contribution is 2.38. The van der Waals surface area contributed by atoms with Crippen LogP contribution in [0, 0.1) is 0 Å². The van der Waals surface area contributed by atoms with E-state index in [4.69, 9.17) is 21.1 Å². The predicted octanol–water partition coefficient (Wildman–Crippen LogP) is 5.98. The highest BCUT2D eigenvalue weighted by Gasteiger charge is 2.12. The van der Waals surface area contributed by atoms with Gasteiger partial charge in [0, 0.05) is 10.4 Å². The van der Waals surface area contributed by atoms with Gasteiger partial charge in [0.2, 0.25) is 0 Å². The minimum Gasteiger partial charge on any atom is -0.490 e. The fourth-order valence-electron chi connectivity index (χ4n) is 1.88. The van der Waals surface area contributed by atoms with Crippen molar-refractivity contribution in [1.82, 2.24) is 0 Å². The summed E-state index contributed by atoms with van der Waals surface area (Å²) in [6, 6.07) is 11.6. The van der Waals surface area contributed by atoms with Crippen molar-refractivity contribution in [2.45, 2.75) is 18.9 Å². The van der Waals surface area contributed by atoms with Crippen LogP contribution in [0.4, 0.5) is 0 Å². The summed E-state index contributed by atoms with van der Waals surface area (Å²) in [5.41, 5.74) is 2.14. The van der Waals surface area contributed by atoms with Gasteiger partial charge in [0.05, 0.1) is 11.1 Å². The summed E-state index contributed by atoms with van der Waals surface area (Å²) in [6.07, 6.45) is 0. The van der Waals surface area contributed by atoms with Crippen molar-refractivity contribution in [3.8, 4) is 11.5 Å². The van der Waals surface area contributed by atoms with Gasteiger partial charge >= 0.3 is 0 Å². The Morgan fingerprint density at radius 2 is 1.90 bits per heavy atom. The van der Waals surface area contributed by atoms with E-state index in [1.54, 1.807) is 0 Å². The van der Waals surface area contributed by atoms with Crippen LogP contribution in [0.2, 0.25) is 5.02 Å². The monoisotopic (exact) mass is 432 g/mol. The van der Waals surface area contributed by atoms with E-state index in [0.717, 1.165) is 26.7 Å². The van der Waals surface area contributed by atoms with E-state index in [-0.39, 0.29) is 0 Å². The molecule has 0 unspecified atom stereocenters. The van der Waals surface area contributed by atoms with E-state index in [0.29, 0.717) is 24.0 Å². The zero-order valence-corrected chi connectivity index (χ0v) is 15.5. The predicted molar refractivity (Wildman–Crippen MR) is 93.7 cm³/mol. The van der Waals surface area contributed by atoms with Crippen molar-refractivity contribution in [2.75, 3.05) is 6.61 Å². The van der Waals surface area contributed by atoms with Crippen molar-refractivity contribution in [1.29, 1.82) is 0 Å². The molecule has 2 aromatic carbocycles. The van der Waals surface area contributed by atoms with Gasteiger partial charge in [0.15, 0.2) is 11.5 Å². The van der Waals surface area contributed by atoms with Gasteiger partial charge in [-0.15, -0.1) is 0 Å². The molecule has 0 aliphatic carbocycles. The van der Waals surface area contributed by atoms with Crippen LogP contribution in [0.3, 0.4) is 0 Å². The lowest BCUT2D eigenvalue weighted by atomic mass is 10.2. The Bertz CT molecular complexity index is 617. The van der Waals surface area contributed by atoms with E-state index < -0.39 is 0 Å². The fraction of sp³-hybridized carbons (Fsp3) is 0.250. The third-order valence-electron chi connectivity index (χ3n) is 2.80. The third kappa shape index (κ3) is 4.63. The minimum atomic E-state index is 0.437. The number of rotatable bonds is 6. The van der Waals surface area contributed by atoms with Gasteiger partial charge in [-0.25, -0.2) is 0 Å². The van der Waals surface area contributed by atoms with E-state index in [9.17, 15) is 0 Å². The van der Waals surface area contributed by atoms with Gasteiger partial charge in [-0.05, 0) is 58.2 Å². The van der Waals surface area contributed by atoms with Crippen LogP contribution in [0.25, 0.3) is 0 Å². The fourth-order valence-corrected chi connectivity index (χ4v) is 3.02. The maximum atomic E-state index is 5.98. The van der Waals surface area contributed by atoms with E-state index in [2.05, 4.69) is 31.9 Å². The Labute approximate surface area is 146 Å². The SMILES string of the molecule is CCOc1cc(CBr)cc(Br)c1OCc1cccc(Cl)c1. The lowest BCUT2D eigenvalue weighted by Crippen LogP contribution is -2.01. The van der Waals surface area contributed by atoms with Crippen LogP contribution in [0.5, 0.6) is 11.5 Å². The molecule has 0 N–H and O–H groups in total. The number of ether oxygens (including phenoxy) is 2. The summed E-state index contributed by atoms with van der Waals surface area (Å²) in [5, 5.41) is 1.47. The molecule has 0 saturated carbocycles. The second-order valence-electron chi connectivity index (χ2n) is 4.39. The van der Waals surface area contributed by atoms with Crippen molar-refractivity contribution in [2.24, 2.45) is 0 Å². The van der Waals surface area contributed by atoms with Crippen LogP contribution in [0.1, 0.15) is 18.1 Å². The molecule has 0 heterocycles. The topological polar surface area (TPSA) is 18.5 Å². The zero-order valence-electron chi connectivity index (χ0n) is 11.5. The van der Waals surface area contributed by atoms with E-state index in [1.807, 2.05) is 43.3 Å². The van der Waals surface area contributed by atoms with Gasteiger partial charge in [-0.3, -0.25) is 0 Å². The molecule has 0 bridgehead atoms. The second-order valence-corrected chi connectivity index (χ2v) is 6.24. The minimum absolute atomic E-state index is 0.437. The molecule has 112 valence electrons. The van der Waals surface area contributed by atoms with Gasteiger partial charge < -0.3 is 9.47 Å². The number of benzene rings is 2. The molecule has 0 radical (unpaired) electrons. The summed E-state index contributed by atoms with van der Waals surface area (Å²) in [7, 11) is 0. The van der Waals surface area contributed by atoms with Crippen LogP contribution < -0.4 is 9.47 Å². The largest absolute Gasteiger partial charge is 0.490 e. The van der Waals surface area contributed by atoms with Crippen LogP contribution in [0.15, 0.2) is 40.9 Å². The van der Waals surface area contributed by atoms with Crippen LogP contribution in [-0.2, 0) is 11.9 Å². The Hall–Kier alpha value is -0.710. The molecule has 0 atom stereocenters. The molecule has 0 aromatic heterocycles. The number of hydrogen-bond donors (Lipinski definition) is 0. The Morgan fingerprint density at radius 3 is 2.57 bits per heavy atom. The molecule has 0 saturated heterocycles. The molecule has 2 aromatic rings. The molecule has 0 spiro atoms. The van der Waals surface area contributed by atoms with Crippen molar-refractivity contribution >= 4 is 43.5 Å². The molecule has 5 heteroatoms. The molecule has 0 fully saturated rings. The first kappa shape index (κ1) is 16.7. The third-order valence-corrected chi connectivity index (χ3v) is 4.27. The average molecular weight is 435 g/mol. The zero-order chi connectivity index (χ0) is 15.2. The molecule has 0 aliphatic rings. The second kappa shape index (κ2) is 8.06. The van der Waals surface area contributed by atoms with Gasteiger partial charge in [-0.2, -0.15) is 0 Å². The molecule has 2 rings (SSSR count). The molecule has 21 heavy (non-hydrogen) atoms. The summed E-state index contributed by atoms with van der Waals surface area (Å²) in [4.78, 5) is 0. The standard InChI is InChI=1S/C16H15Br2ClO2/c1-2-20-15-8-12(9-17)7-14(18)16(15)21-10-11-4-3-5-13(19)6-11/h3-8H,2,9-10H2,1H3. The summed E-state index contributed by atoms with van der Waals surface area (Å²) in [6.45, 7) is 2.98. The molecule has 2 nitrogen and oxygen atoms in total. The normalized spacial score (nSPS) is 10.5. The first-order valence-corrected chi connectivity index (χ1v) is 8.81. The molecular weight excluding hydrogens is 419 g/mol. The van der Waals surface area contributed by atoms with E-state index >= 15 is 0 Å². The summed E-state index contributed by atoms with van der Waals surface area (Å²) < 4.78 is 12.5. The molecule has 0 aliphatic heterocycles. The summed E-state index contributed by atoms with van der Waals surface area (Å²) in [5.74, 6) is 1.45. The van der Waals surface area contributed by atoms with Gasteiger partial charge in [0.1, 0.15) is 6.61 Å². The Kier molecular flexibility index (Phi) is 6.40. The first-order valence-electron chi connectivity index (χ1n) is 6.52. The van der Waals surface area contributed by atoms with Crippen molar-refractivity contribution < 1.29 is 9.47 Å². The van der Waals surface area contributed by atoms with Crippen molar-refractivity contribution in [3.05, 3.63) is 57.0 Å². The molecule has 0 amide bonds. The van der Waals surface area contributed by atoms with Gasteiger partial charge in [-0.1, -0.05) is 39.7 Å². The highest BCUT2D eigenvalue weighted by atomic mass is 79.9. The number of hydrogen-bond acceptors (Lipinski definition) is 2. The quantitative estimate of drug-likeness (QED) is 0.521. The lowest BCUT2D eigenvalue weighted by Gasteiger charge is -2.15. The van der Waals surface area contributed by atoms with Crippen LogP contribution in [-0.4, -0.2) is 6.61 Å². The average Bonchev–Trinajstić information content (AvgIpc) is 2.46.